The molecule has 0 saturated carbocycles. The number of nitrogens with one attached hydrogen (secondary N) is 1. The molecule has 3 heterocycles. The van der Waals surface area contributed by atoms with Gasteiger partial charge in [0.2, 0.25) is 5.79 Å². The quantitative estimate of drug-likeness (QED) is 0.222. The molecule has 0 aromatic heterocycles. The first kappa shape index (κ1) is 32.2. The van der Waals surface area contributed by atoms with E-state index in [4.69, 9.17) is 23.7 Å². The molecule has 3 aliphatic heterocycles. The second-order valence-corrected chi connectivity index (χ2v) is 12.6. The Kier molecular flexibility index (Phi) is 12.3. The van der Waals surface area contributed by atoms with Crippen molar-refractivity contribution >= 4 is 11.8 Å². The smallest absolute Gasteiger partial charge is 0.412 e. The normalized spacial score (nSPS) is 27.9. The van der Waals surface area contributed by atoms with Gasteiger partial charge in [0.1, 0.15) is 12.7 Å². The van der Waals surface area contributed by atoms with Gasteiger partial charge >= 0.3 is 6.09 Å². The van der Waals surface area contributed by atoms with Crippen molar-refractivity contribution in [1.82, 2.24) is 4.90 Å². The van der Waals surface area contributed by atoms with Gasteiger partial charge in [-0.15, -0.1) is 0 Å². The van der Waals surface area contributed by atoms with Crippen LogP contribution in [0, 0.1) is 6.92 Å². The van der Waals surface area contributed by atoms with E-state index in [9.17, 15) is 4.79 Å². The molecule has 1 N–H and O–H groups in total. The van der Waals surface area contributed by atoms with Crippen LogP contribution in [0.5, 0.6) is 0 Å². The van der Waals surface area contributed by atoms with Gasteiger partial charge in [-0.2, -0.15) is 0 Å². The number of carbonyl (C=O) groups excluding carboxylic acids is 1. The zero-order chi connectivity index (χ0) is 29.1. The van der Waals surface area contributed by atoms with Crippen molar-refractivity contribution in [3.8, 4) is 0 Å². The number of carbonyl (C=O) groups is 1. The third kappa shape index (κ3) is 9.65. The summed E-state index contributed by atoms with van der Waals surface area (Å²) in [6.07, 6.45) is 12.7. The Balaban J connectivity index is 1.38. The molecule has 41 heavy (non-hydrogen) atoms. The molecule has 3 fully saturated rings. The number of anilines is 1. The van der Waals surface area contributed by atoms with E-state index in [1.165, 1.54) is 64.2 Å². The summed E-state index contributed by atoms with van der Waals surface area (Å²) >= 11 is 0. The van der Waals surface area contributed by atoms with Gasteiger partial charge < -0.3 is 28.6 Å². The van der Waals surface area contributed by atoms with E-state index in [0.717, 1.165) is 31.5 Å². The van der Waals surface area contributed by atoms with Crippen molar-refractivity contribution in [2.75, 3.05) is 38.2 Å². The average molecular weight is 575 g/mol. The molecule has 1 aromatic carbocycles. The van der Waals surface area contributed by atoms with Gasteiger partial charge in [-0.1, -0.05) is 82.4 Å². The molecule has 232 valence electrons. The first-order chi connectivity index (χ1) is 19.8. The molecule has 3 saturated heterocycles. The Morgan fingerprint density at radius 1 is 0.951 bits per heavy atom. The summed E-state index contributed by atoms with van der Waals surface area (Å²) in [6.45, 7) is 11.6. The van der Waals surface area contributed by atoms with Crippen molar-refractivity contribution in [3.05, 3.63) is 29.8 Å². The Hall–Kier alpha value is -1.71. The molecule has 0 spiro atoms. The monoisotopic (exact) mass is 574 g/mol. The van der Waals surface area contributed by atoms with Crippen molar-refractivity contribution in [1.29, 1.82) is 0 Å². The minimum Gasteiger partial charge on any atom is -0.440 e. The van der Waals surface area contributed by atoms with Crippen molar-refractivity contribution in [2.45, 2.75) is 135 Å². The molecule has 1 aromatic rings. The Bertz CT molecular complexity index is 917. The van der Waals surface area contributed by atoms with Crippen LogP contribution in [0.15, 0.2) is 24.3 Å². The summed E-state index contributed by atoms with van der Waals surface area (Å²) < 4.78 is 31.8. The topological polar surface area (TPSA) is 78.5 Å². The number of likely N-dealkylation sites (tertiary alicyclic amines) is 1. The number of fused-ring (bicyclic) bond motifs is 1. The van der Waals surface area contributed by atoms with Gasteiger partial charge in [-0.05, 0) is 65.3 Å². The predicted octanol–water partition coefficient (Wildman–Crippen LogP) is 7.19. The summed E-state index contributed by atoms with van der Waals surface area (Å²) in [5.74, 6) is -2.00. The van der Waals surface area contributed by atoms with Gasteiger partial charge in [-0.25, -0.2) is 4.79 Å². The van der Waals surface area contributed by atoms with Gasteiger partial charge in [0.25, 0.3) is 0 Å². The van der Waals surface area contributed by atoms with E-state index in [1.807, 2.05) is 45.0 Å². The number of nitrogens with zero attached hydrogens (tertiary/aromatic N) is 1. The van der Waals surface area contributed by atoms with E-state index < -0.39 is 29.9 Å². The predicted molar refractivity (Wildman–Crippen MR) is 161 cm³/mol. The van der Waals surface area contributed by atoms with Crippen LogP contribution in [0.4, 0.5) is 10.5 Å². The molecule has 4 atom stereocenters. The van der Waals surface area contributed by atoms with Gasteiger partial charge in [0.15, 0.2) is 18.0 Å². The highest BCUT2D eigenvalue weighted by Crippen LogP contribution is 2.47. The highest BCUT2D eigenvalue weighted by atomic mass is 16.9. The molecular formula is C33H54N2O6. The summed E-state index contributed by atoms with van der Waals surface area (Å²) in [5, 5.41) is 2.87. The third-order valence-electron chi connectivity index (χ3n) is 8.40. The zero-order valence-electron chi connectivity index (χ0n) is 26.0. The second-order valence-electron chi connectivity index (χ2n) is 12.6. The SMILES string of the molecule is CCCCCCCCCCOC[C@@]12O[C@@H](CN3CCCCCC3)[C@@H](OC(=O)Nc3ccc(C)cc3)[C@@H]1OC(C)(C)O2. The van der Waals surface area contributed by atoms with E-state index in [-0.39, 0.29) is 12.7 Å². The van der Waals surface area contributed by atoms with Gasteiger partial charge in [0, 0.05) is 18.8 Å². The number of benzene rings is 1. The second kappa shape index (κ2) is 15.7. The maximum Gasteiger partial charge on any atom is 0.412 e. The fourth-order valence-electron chi connectivity index (χ4n) is 6.28. The number of rotatable bonds is 15. The van der Waals surface area contributed by atoms with Crippen molar-refractivity contribution < 1.29 is 28.5 Å². The maximum atomic E-state index is 13.1. The largest absolute Gasteiger partial charge is 0.440 e. The van der Waals surface area contributed by atoms with Crippen LogP contribution in [-0.2, 0) is 23.7 Å². The molecule has 3 aliphatic rings. The minimum absolute atomic E-state index is 0.244. The molecule has 0 unspecified atom stereocenters. The number of aryl methyl sites for hydroxylation is 1. The number of unbranched alkanes of at least 4 members (excludes halogenated alkanes) is 7. The Labute approximate surface area is 247 Å². The van der Waals surface area contributed by atoms with Crippen molar-refractivity contribution in [2.24, 2.45) is 0 Å². The molecular weight excluding hydrogens is 520 g/mol. The fourth-order valence-corrected chi connectivity index (χ4v) is 6.28. The first-order valence-corrected chi connectivity index (χ1v) is 16.2. The molecule has 1 amide bonds. The number of hydrogen-bond donors (Lipinski definition) is 1. The average Bonchev–Trinajstić information content (AvgIpc) is 3.18. The van der Waals surface area contributed by atoms with E-state index in [2.05, 4.69) is 17.1 Å². The van der Waals surface area contributed by atoms with Gasteiger partial charge in [-0.3, -0.25) is 5.32 Å². The molecule has 0 radical (unpaired) electrons. The lowest BCUT2D eigenvalue weighted by Gasteiger charge is -2.31. The fraction of sp³-hybridized carbons (Fsp3) is 0.788. The molecule has 4 rings (SSSR count). The van der Waals surface area contributed by atoms with Crippen LogP contribution in [0.1, 0.15) is 103 Å². The Morgan fingerprint density at radius 2 is 1.61 bits per heavy atom. The lowest BCUT2D eigenvalue weighted by molar-refractivity contribution is -0.279. The third-order valence-corrected chi connectivity index (χ3v) is 8.40. The van der Waals surface area contributed by atoms with Crippen LogP contribution in [0.25, 0.3) is 0 Å². The number of hydrogen-bond acceptors (Lipinski definition) is 7. The van der Waals surface area contributed by atoms with Crippen LogP contribution in [0.2, 0.25) is 0 Å². The van der Waals surface area contributed by atoms with Crippen LogP contribution < -0.4 is 5.32 Å². The lowest BCUT2D eigenvalue weighted by atomic mass is 10.0. The summed E-state index contributed by atoms with van der Waals surface area (Å²) in [7, 11) is 0. The minimum atomic E-state index is -1.12. The molecule has 8 heteroatoms. The van der Waals surface area contributed by atoms with Crippen LogP contribution >= 0.6 is 0 Å². The summed E-state index contributed by atoms with van der Waals surface area (Å²) in [6, 6.07) is 7.67. The first-order valence-electron chi connectivity index (χ1n) is 16.2. The molecule has 8 nitrogen and oxygen atoms in total. The van der Waals surface area contributed by atoms with Crippen molar-refractivity contribution in [3.63, 3.8) is 0 Å². The molecule has 0 bridgehead atoms. The van der Waals surface area contributed by atoms with Crippen LogP contribution in [-0.4, -0.2) is 73.7 Å². The zero-order valence-corrected chi connectivity index (χ0v) is 26.0. The van der Waals surface area contributed by atoms with Crippen LogP contribution in [0.3, 0.4) is 0 Å². The maximum absolute atomic E-state index is 13.1. The van der Waals surface area contributed by atoms with E-state index in [1.54, 1.807) is 0 Å². The number of ether oxygens (including phenoxy) is 5. The number of amides is 1. The summed E-state index contributed by atoms with van der Waals surface area (Å²) in [5.41, 5.74) is 1.81. The van der Waals surface area contributed by atoms with E-state index >= 15 is 0 Å². The Morgan fingerprint density at radius 3 is 2.29 bits per heavy atom. The van der Waals surface area contributed by atoms with Gasteiger partial charge in [0.05, 0.1) is 0 Å². The summed E-state index contributed by atoms with van der Waals surface area (Å²) in [4.78, 5) is 15.5. The highest BCUT2D eigenvalue weighted by Gasteiger charge is 2.66. The molecule has 0 aliphatic carbocycles. The lowest BCUT2D eigenvalue weighted by Crippen LogP contribution is -2.46. The highest BCUT2D eigenvalue weighted by molar-refractivity contribution is 5.84. The standard InChI is InChI=1S/C33H54N2O6/c1-5-6-7-8-9-10-13-16-23-37-25-33-30(40-32(3,4)41-33)29(28(39-33)24-35-21-14-11-12-15-22-35)38-31(36)34-27-19-17-26(2)18-20-27/h17-20,28-30H,5-16,21-25H2,1-4H3,(H,34,36)/t28-,29+,30-,33-/m0/s1. The van der Waals surface area contributed by atoms with E-state index in [0.29, 0.717) is 18.8 Å².